The molecule has 2 aromatic carbocycles. The quantitative estimate of drug-likeness (QED) is 0.165. The number of carbonyl (C=O) groups is 4. The summed E-state index contributed by atoms with van der Waals surface area (Å²) < 4.78 is 50.4. The molecule has 1 atom stereocenters. The van der Waals surface area contributed by atoms with Gasteiger partial charge in [0, 0.05) is 49.9 Å². The highest BCUT2D eigenvalue weighted by molar-refractivity contribution is 6.02. The molecular weight excluding hydrogens is 818 g/mol. The number of methoxy groups -OCH3 is 1. The van der Waals surface area contributed by atoms with Gasteiger partial charge in [-0.3, -0.25) is 24.5 Å². The van der Waals surface area contributed by atoms with Gasteiger partial charge >= 0.3 is 5.92 Å². The van der Waals surface area contributed by atoms with E-state index < -0.39 is 24.4 Å². The fourth-order valence-electron chi connectivity index (χ4n) is 9.80. The third kappa shape index (κ3) is 9.50. The van der Waals surface area contributed by atoms with Gasteiger partial charge in [-0.05, 0) is 133 Å². The molecule has 5 aliphatic rings. The number of amides is 4. The van der Waals surface area contributed by atoms with Crippen molar-refractivity contribution in [3.63, 3.8) is 0 Å². The van der Waals surface area contributed by atoms with Crippen LogP contribution in [0, 0.1) is 17.2 Å². The van der Waals surface area contributed by atoms with Crippen molar-refractivity contribution < 1.29 is 37.1 Å². The Morgan fingerprint density at radius 1 is 1.00 bits per heavy atom. The number of hydrogen-bond donors (Lipinski definition) is 4. The summed E-state index contributed by atoms with van der Waals surface area (Å²) in [6.45, 7) is 7.42. The molecule has 4 amide bonds. The van der Waals surface area contributed by atoms with E-state index in [-0.39, 0.29) is 64.9 Å². The lowest BCUT2D eigenvalue weighted by atomic mass is 9.60. The summed E-state index contributed by atoms with van der Waals surface area (Å²) in [7, 11) is 2.78. The van der Waals surface area contributed by atoms with Crippen LogP contribution >= 0.6 is 0 Å². The lowest BCUT2D eigenvalue weighted by molar-refractivity contribution is -0.140. The molecule has 1 saturated carbocycles. The number of ether oxygens (including phenoxy) is 1. The molecule has 1 aromatic heterocycles. The van der Waals surface area contributed by atoms with Crippen molar-refractivity contribution in [3.8, 4) is 5.75 Å². The Hall–Kier alpha value is -5.65. The fraction of sp³-hybridized carbons (Fsp3) is 0.556. The predicted molar refractivity (Wildman–Crippen MR) is 233 cm³/mol. The van der Waals surface area contributed by atoms with E-state index in [1.807, 2.05) is 0 Å². The van der Waals surface area contributed by atoms with E-state index in [0.29, 0.717) is 40.7 Å². The number of nitrogens with zero attached hydrogens (tertiary/aromatic N) is 6. The van der Waals surface area contributed by atoms with Gasteiger partial charge in [0.05, 0.1) is 31.2 Å². The molecule has 3 aromatic rings. The minimum absolute atomic E-state index is 0.0925. The summed E-state index contributed by atoms with van der Waals surface area (Å²) in [4.78, 5) is 65.2. The van der Waals surface area contributed by atoms with E-state index in [9.17, 15) is 28.0 Å². The monoisotopic (exact) mass is 874 g/mol. The average Bonchev–Trinajstić information content (AvgIpc) is 3.32. The minimum atomic E-state index is -3.60. The first-order valence-electron chi connectivity index (χ1n) is 22.0. The van der Waals surface area contributed by atoms with Crippen LogP contribution in [-0.2, 0) is 14.4 Å². The maximum absolute atomic E-state index is 15.2. The van der Waals surface area contributed by atoms with E-state index in [0.717, 1.165) is 82.6 Å². The largest absolute Gasteiger partial charge is 0.495 e. The first kappa shape index (κ1) is 44.0. The molecule has 4 aliphatic heterocycles. The number of likely N-dealkylation sites (tertiary alicyclic amines) is 1. The maximum atomic E-state index is 15.2. The smallest absolute Gasteiger partial charge is 0.342 e. The van der Waals surface area contributed by atoms with Crippen LogP contribution in [0.4, 0.5) is 47.7 Å². The van der Waals surface area contributed by atoms with Crippen LogP contribution in [0.5, 0.6) is 5.75 Å². The summed E-state index contributed by atoms with van der Waals surface area (Å²) in [5.41, 5.74) is 2.45. The molecule has 18 heteroatoms. The van der Waals surface area contributed by atoms with Crippen molar-refractivity contribution in [1.82, 2.24) is 25.5 Å². The first-order valence-corrected chi connectivity index (χ1v) is 22.0. The van der Waals surface area contributed by atoms with Crippen molar-refractivity contribution in [1.29, 1.82) is 0 Å². The summed E-state index contributed by atoms with van der Waals surface area (Å²) >= 11 is 0. The molecule has 0 radical (unpaired) electrons. The van der Waals surface area contributed by atoms with E-state index in [1.165, 1.54) is 31.3 Å². The molecular formula is C45H57F3N10O5. The zero-order valence-corrected chi connectivity index (χ0v) is 36.3. The number of rotatable bonds is 12. The maximum Gasteiger partial charge on any atom is 0.342 e. The zero-order valence-electron chi connectivity index (χ0n) is 36.3. The van der Waals surface area contributed by atoms with Gasteiger partial charge in [-0.1, -0.05) is 0 Å². The number of aromatic nitrogens is 2. The second-order valence-electron chi connectivity index (χ2n) is 18.2. The number of halogens is 3. The molecule has 1 unspecified atom stereocenters. The van der Waals surface area contributed by atoms with Gasteiger partial charge in [-0.25, -0.2) is 9.37 Å². The molecule has 0 bridgehead atoms. The molecule has 4 N–H and O–H groups in total. The molecule has 5 heterocycles. The van der Waals surface area contributed by atoms with Crippen LogP contribution in [-0.4, -0.2) is 116 Å². The van der Waals surface area contributed by atoms with Crippen LogP contribution in [0.25, 0.3) is 0 Å². The SMILES string of the molecule is COc1cc(C(=O)NC2CC3(CCN(CCC4CCN(c5ccc(NC6CCC(=O)NC6=O)cc5F)CC4)CC3)C2)ccc1Nc1ncc2c(n1)N(C(C)C)CC(F)(F)C(=O)N2C. The van der Waals surface area contributed by atoms with Gasteiger partial charge in [-0.2, -0.15) is 13.8 Å². The summed E-state index contributed by atoms with van der Waals surface area (Å²) in [6.07, 6.45) is 9.22. The van der Waals surface area contributed by atoms with Crippen LogP contribution in [0.3, 0.4) is 0 Å². The lowest BCUT2D eigenvalue weighted by Gasteiger charge is -2.52. The van der Waals surface area contributed by atoms with E-state index in [4.69, 9.17) is 4.74 Å². The number of piperidine rings is 3. The summed E-state index contributed by atoms with van der Waals surface area (Å²) in [5.74, 6) is -4.81. The summed E-state index contributed by atoms with van der Waals surface area (Å²) in [5, 5.41) is 11.7. The highest BCUT2D eigenvalue weighted by atomic mass is 19.3. The molecule has 4 fully saturated rings. The summed E-state index contributed by atoms with van der Waals surface area (Å²) in [6, 6.07) is 9.19. The van der Waals surface area contributed by atoms with Crippen LogP contribution in [0.1, 0.15) is 82.0 Å². The second-order valence-corrected chi connectivity index (χ2v) is 18.2. The lowest BCUT2D eigenvalue weighted by Crippen LogP contribution is -2.55. The zero-order chi connectivity index (χ0) is 44.6. The van der Waals surface area contributed by atoms with Crippen molar-refractivity contribution in [2.24, 2.45) is 11.3 Å². The Balaban J connectivity index is 0.766. The topological polar surface area (TPSA) is 164 Å². The third-order valence-corrected chi connectivity index (χ3v) is 13.7. The normalized spacial score (nSPS) is 21.7. The molecule has 3 saturated heterocycles. The van der Waals surface area contributed by atoms with Crippen molar-refractivity contribution in [2.75, 3.05) is 78.8 Å². The number of alkyl halides is 2. The van der Waals surface area contributed by atoms with Gasteiger partial charge in [0.15, 0.2) is 5.82 Å². The Morgan fingerprint density at radius 2 is 1.75 bits per heavy atom. The molecule has 1 aliphatic carbocycles. The molecule has 8 rings (SSSR count). The van der Waals surface area contributed by atoms with E-state index in [2.05, 4.69) is 41.0 Å². The number of hydrogen-bond acceptors (Lipinski definition) is 12. The number of fused-ring (bicyclic) bond motifs is 1. The Morgan fingerprint density at radius 3 is 2.43 bits per heavy atom. The van der Waals surface area contributed by atoms with Gasteiger partial charge < -0.3 is 40.3 Å². The second kappa shape index (κ2) is 17.8. The van der Waals surface area contributed by atoms with Crippen molar-refractivity contribution in [3.05, 3.63) is 54.0 Å². The Kier molecular flexibility index (Phi) is 12.5. The fourth-order valence-corrected chi connectivity index (χ4v) is 9.80. The highest BCUT2D eigenvalue weighted by Gasteiger charge is 2.48. The average molecular weight is 875 g/mol. The Labute approximate surface area is 365 Å². The number of benzene rings is 2. The van der Waals surface area contributed by atoms with Gasteiger partial charge in [-0.15, -0.1) is 0 Å². The number of carbonyl (C=O) groups excluding carboxylic acids is 4. The van der Waals surface area contributed by atoms with Crippen LogP contribution in [0.2, 0.25) is 0 Å². The number of imide groups is 1. The molecule has 15 nitrogen and oxygen atoms in total. The Bertz CT molecular complexity index is 2220. The molecule has 338 valence electrons. The first-order chi connectivity index (χ1) is 30.1. The van der Waals surface area contributed by atoms with Crippen LogP contribution < -0.4 is 40.7 Å². The minimum Gasteiger partial charge on any atom is -0.495 e. The highest BCUT2D eigenvalue weighted by Crippen LogP contribution is 2.49. The van der Waals surface area contributed by atoms with Crippen molar-refractivity contribution in [2.45, 2.75) is 95.7 Å². The standard InChI is InChI=1S/C45H57F3N10O5/c1-27(2)58-26-45(47,48)42(62)55(3)36-25-49-43(54-39(36)58)52-33-7-5-29(21-37(33)63-4)40(60)51-31-23-44(24-31)14-19-56(20-15-44)16-11-28-12-17-57(18-13-28)35-9-6-30(22-32(35)46)50-34-8-10-38(59)53-41(34)61/h5-7,9,21-22,25,27-28,31,34,50H,8,10-20,23-24,26H2,1-4H3,(H,51,60)(H,49,52,54)(H,53,59,61). The van der Waals surface area contributed by atoms with Gasteiger partial charge in [0.1, 0.15) is 23.3 Å². The van der Waals surface area contributed by atoms with Gasteiger partial charge in [0.25, 0.3) is 11.8 Å². The van der Waals surface area contributed by atoms with E-state index >= 15 is 4.39 Å². The third-order valence-electron chi connectivity index (χ3n) is 13.7. The number of anilines is 6. The van der Waals surface area contributed by atoms with E-state index in [1.54, 1.807) is 44.2 Å². The van der Waals surface area contributed by atoms with Crippen molar-refractivity contribution >= 4 is 58.1 Å². The molecule has 1 spiro atoms. The van der Waals surface area contributed by atoms with Gasteiger partial charge in [0.2, 0.25) is 17.8 Å². The van der Waals surface area contributed by atoms with Crippen LogP contribution in [0.15, 0.2) is 42.6 Å². The predicted octanol–water partition coefficient (Wildman–Crippen LogP) is 5.69. The molecule has 63 heavy (non-hydrogen) atoms. The number of nitrogens with one attached hydrogen (secondary N) is 4.